The van der Waals surface area contributed by atoms with E-state index in [4.69, 9.17) is 0 Å². The second-order valence-electron chi connectivity index (χ2n) is 4.49. The lowest BCUT2D eigenvalue weighted by atomic mass is 10.0. The molecule has 1 atom stereocenters. The van der Waals surface area contributed by atoms with Gasteiger partial charge < -0.3 is 10.2 Å². The molecule has 0 aliphatic carbocycles. The summed E-state index contributed by atoms with van der Waals surface area (Å²) >= 11 is 0. The largest absolute Gasteiger partial charge is 0.352 e. The minimum atomic E-state index is -0.269. The molecule has 0 spiro atoms. The normalized spacial score (nSPS) is 20.6. The van der Waals surface area contributed by atoms with Crippen molar-refractivity contribution in [2.24, 2.45) is 0 Å². The van der Waals surface area contributed by atoms with Gasteiger partial charge in [-0.05, 0) is 37.9 Å². The van der Waals surface area contributed by atoms with Crippen molar-refractivity contribution in [1.82, 2.24) is 10.3 Å². The van der Waals surface area contributed by atoms with Gasteiger partial charge in [0.05, 0.1) is 6.20 Å². The van der Waals surface area contributed by atoms with E-state index in [1.807, 2.05) is 0 Å². The molecule has 1 aromatic rings. The van der Waals surface area contributed by atoms with Gasteiger partial charge in [-0.15, -0.1) is 0 Å². The number of halogens is 1. The second-order valence-corrected chi connectivity index (χ2v) is 4.49. The number of nitrogens with one attached hydrogen (secondary N) is 1. The first-order chi connectivity index (χ1) is 8.31. The van der Waals surface area contributed by atoms with Gasteiger partial charge >= 0.3 is 0 Å². The lowest BCUT2D eigenvalue weighted by Crippen LogP contribution is -2.46. The molecule has 94 valence electrons. The van der Waals surface area contributed by atoms with E-state index in [0.717, 1.165) is 25.5 Å². The van der Waals surface area contributed by atoms with E-state index in [-0.39, 0.29) is 5.82 Å². The molecule has 1 aliphatic heterocycles. The molecular weight excluding hydrogens is 217 g/mol. The van der Waals surface area contributed by atoms with Gasteiger partial charge in [0.2, 0.25) is 0 Å². The van der Waals surface area contributed by atoms with Crippen LogP contribution in [0.1, 0.15) is 26.2 Å². The molecule has 1 N–H and O–H groups in total. The Morgan fingerprint density at radius 3 is 3.06 bits per heavy atom. The van der Waals surface area contributed by atoms with Crippen LogP contribution in [0.5, 0.6) is 0 Å². The Labute approximate surface area is 102 Å². The summed E-state index contributed by atoms with van der Waals surface area (Å²) in [7, 11) is 0. The standard InChI is InChI=1S/C13H20FN3/c1-2-15-10-12-5-3-4-8-17(12)13-7-6-11(14)9-16-13/h6-7,9,12,15H,2-5,8,10H2,1H3. The first-order valence-corrected chi connectivity index (χ1v) is 6.40. The van der Waals surface area contributed by atoms with Crippen LogP contribution < -0.4 is 10.2 Å². The van der Waals surface area contributed by atoms with E-state index in [9.17, 15) is 4.39 Å². The summed E-state index contributed by atoms with van der Waals surface area (Å²) in [6.07, 6.45) is 4.95. The average Bonchev–Trinajstić information content (AvgIpc) is 2.38. The Kier molecular flexibility index (Phi) is 4.31. The Hall–Kier alpha value is -1.16. The van der Waals surface area contributed by atoms with Crippen molar-refractivity contribution in [2.75, 3.05) is 24.5 Å². The van der Waals surface area contributed by atoms with Crippen LogP contribution in [0.15, 0.2) is 18.3 Å². The predicted octanol–water partition coefficient (Wildman–Crippen LogP) is 2.19. The van der Waals surface area contributed by atoms with Crippen molar-refractivity contribution in [3.05, 3.63) is 24.1 Å². The summed E-state index contributed by atoms with van der Waals surface area (Å²) in [5.41, 5.74) is 0. The quantitative estimate of drug-likeness (QED) is 0.870. The van der Waals surface area contributed by atoms with Crippen LogP contribution >= 0.6 is 0 Å². The summed E-state index contributed by atoms with van der Waals surface area (Å²) in [5, 5.41) is 3.39. The highest BCUT2D eigenvalue weighted by atomic mass is 19.1. The minimum absolute atomic E-state index is 0.269. The zero-order valence-electron chi connectivity index (χ0n) is 10.3. The zero-order valence-corrected chi connectivity index (χ0v) is 10.3. The molecule has 0 aromatic carbocycles. The van der Waals surface area contributed by atoms with Crippen molar-refractivity contribution in [3.63, 3.8) is 0 Å². The summed E-state index contributed by atoms with van der Waals surface area (Å²) in [4.78, 5) is 6.48. The van der Waals surface area contributed by atoms with E-state index in [0.29, 0.717) is 6.04 Å². The molecule has 1 saturated heterocycles. The zero-order chi connectivity index (χ0) is 12.1. The third-order valence-electron chi connectivity index (χ3n) is 3.26. The van der Waals surface area contributed by atoms with Gasteiger partial charge in [0.25, 0.3) is 0 Å². The highest BCUT2D eigenvalue weighted by molar-refractivity contribution is 5.40. The summed E-state index contributed by atoms with van der Waals surface area (Å²) in [6.45, 7) is 5.11. The van der Waals surface area contributed by atoms with Gasteiger partial charge in [-0.2, -0.15) is 0 Å². The maximum Gasteiger partial charge on any atom is 0.141 e. The molecule has 3 nitrogen and oxygen atoms in total. The molecule has 4 heteroatoms. The topological polar surface area (TPSA) is 28.2 Å². The van der Waals surface area contributed by atoms with Gasteiger partial charge in [0.15, 0.2) is 0 Å². The van der Waals surface area contributed by atoms with Crippen molar-refractivity contribution in [2.45, 2.75) is 32.2 Å². The van der Waals surface area contributed by atoms with Crippen LogP contribution in [0.3, 0.4) is 0 Å². The van der Waals surface area contributed by atoms with E-state index < -0.39 is 0 Å². The lowest BCUT2D eigenvalue weighted by Gasteiger charge is -2.36. The van der Waals surface area contributed by atoms with Crippen LogP contribution in [0.2, 0.25) is 0 Å². The first kappa shape index (κ1) is 12.3. The Bertz CT molecular complexity index is 339. The second kappa shape index (κ2) is 5.96. The Balaban J connectivity index is 2.07. The number of pyridine rings is 1. The Morgan fingerprint density at radius 2 is 2.35 bits per heavy atom. The van der Waals surface area contributed by atoms with Crippen molar-refractivity contribution in [3.8, 4) is 0 Å². The van der Waals surface area contributed by atoms with E-state index in [1.54, 1.807) is 6.07 Å². The number of aromatic nitrogens is 1. The summed E-state index contributed by atoms with van der Waals surface area (Å²) < 4.78 is 12.9. The number of hydrogen-bond acceptors (Lipinski definition) is 3. The third-order valence-corrected chi connectivity index (χ3v) is 3.26. The molecule has 1 fully saturated rings. The van der Waals surface area contributed by atoms with Gasteiger partial charge in [0, 0.05) is 19.1 Å². The summed E-state index contributed by atoms with van der Waals surface area (Å²) in [5.74, 6) is 0.628. The molecule has 0 bridgehead atoms. The van der Waals surface area contributed by atoms with E-state index >= 15 is 0 Å². The third kappa shape index (κ3) is 3.16. The van der Waals surface area contributed by atoms with Gasteiger partial charge in [-0.25, -0.2) is 9.37 Å². The van der Waals surface area contributed by atoms with Gasteiger partial charge in [-0.1, -0.05) is 6.92 Å². The molecule has 0 radical (unpaired) electrons. The maximum atomic E-state index is 12.9. The van der Waals surface area contributed by atoms with Crippen LogP contribution in [0, 0.1) is 5.82 Å². The van der Waals surface area contributed by atoms with Crippen LogP contribution in [0.25, 0.3) is 0 Å². The fourth-order valence-corrected chi connectivity index (χ4v) is 2.36. The fraction of sp³-hybridized carbons (Fsp3) is 0.615. The monoisotopic (exact) mass is 237 g/mol. The number of hydrogen-bond donors (Lipinski definition) is 1. The van der Waals surface area contributed by atoms with Gasteiger partial charge in [0.1, 0.15) is 11.6 Å². The minimum Gasteiger partial charge on any atom is -0.352 e. The van der Waals surface area contributed by atoms with Crippen LogP contribution in [0.4, 0.5) is 10.2 Å². The molecule has 1 aliphatic rings. The molecule has 2 rings (SSSR count). The average molecular weight is 237 g/mol. The number of nitrogens with zero attached hydrogens (tertiary/aromatic N) is 2. The van der Waals surface area contributed by atoms with Crippen molar-refractivity contribution >= 4 is 5.82 Å². The molecule has 0 amide bonds. The smallest absolute Gasteiger partial charge is 0.141 e. The van der Waals surface area contributed by atoms with E-state index in [2.05, 4.69) is 22.1 Å². The van der Waals surface area contributed by atoms with E-state index in [1.165, 1.54) is 31.5 Å². The predicted molar refractivity (Wildman–Crippen MR) is 67.7 cm³/mol. The molecule has 2 heterocycles. The molecule has 17 heavy (non-hydrogen) atoms. The SMILES string of the molecule is CCNCC1CCCCN1c1ccc(F)cn1. The number of rotatable bonds is 4. The number of likely N-dealkylation sites (N-methyl/N-ethyl adjacent to an activating group) is 1. The highest BCUT2D eigenvalue weighted by Crippen LogP contribution is 2.22. The molecule has 1 unspecified atom stereocenters. The maximum absolute atomic E-state index is 12.9. The van der Waals surface area contributed by atoms with Crippen molar-refractivity contribution in [1.29, 1.82) is 0 Å². The number of anilines is 1. The van der Waals surface area contributed by atoms with Crippen LogP contribution in [-0.2, 0) is 0 Å². The summed E-state index contributed by atoms with van der Waals surface area (Å²) in [6, 6.07) is 3.75. The molecule has 1 aromatic heterocycles. The fourth-order valence-electron chi connectivity index (χ4n) is 2.36. The van der Waals surface area contributed by atoms with Crippen molar-refractivity contribution < 1.29 is 4.39 Å². The first-order valence-electron chi connectivity index (χ1n) is 6.40. The highest BCUT2D eigenvalue weighted by Gasteiger charge is 2.22. The molecule has 0 saturated carbocycles. The lowest BCUT2D eigenvalue weighted by molar-refractivity contribution is 0.436. The van der Waals surface area contributed by atoms with Gasteiger partial charge in [-0.3, -0.25) is 0 Å². The molecular formula is C13H20FN3. The Morgan fingerprint density at radius 1 is 1.47 bits per heavy atom. The number of piperidine rings is 1. The van der Waals surface area contributed by atoms with Crippen LogP contribution in [-0.4, -0.2) is 30.7 Å².